The van der Waals surface area contributed by atoms with Crippen LogP contribution in [-0.4, -0.2) is 13.1 Å². The molecule has 0 saturated heterocycles. The zero-order valence-electron chi connectivity index (χ0n) is 12.1. The summed E-state index contributed by atoms with van der Waals surface area (Å²) in [6, 6.07) is 12.4. The van der Waals surface area contributed by atoms with E-state index in [2.05, 4.69) is 0 Å². The fourth-order valence-electron chi connectivity index (χ4n) is 1.97. The van der Waals surface area contributed by atoms with Crippen molar-refractivity contribution >= 4 is 5.97 Å². The number of carbonyl (C=O) groups excluding carboxylic acids is 1. The van der Waals surface area contributed by atoms with E-state index in [9.17, 15) is 9.18 Å². The van der Waals surface area contributed by atoms with Crippen LogP contribution in [0.5, 0.6) is 5.75 Å². The van der Waals surface area contributed by atoms with Crippen LogP contribution in [0, 0.1) is 5.82 Å². The Hall–Kier alpha value is -2.36. The lowest BCUT2D eigenvalue weighted by Crippen LogP contribution is -2.00. The number of methoxy groups -OCH3 is 1. The summed E-state index contributed by atoms with van der Waals surface area (Å²) >= 11 is 0. The van der Waals surface area contributed by atoms with Crippen LogP contribution in [0.15, 0.2) is 42.5 Å². The number of hydrogen-bond donors (Lipinski definition) is 0. The molecule has 0 spiro atoms. The molecule has 2 rings (SSSR count). The number of ether oxygens (including phenoxy) is 2. The van der Waals surface area contributed by atoms with Crippen LogP contribution in [0.25, 0.3) is 0 Å². The van der Waals surface area contributed by atoms with Gasteiger partial charge in [-0.15, -0.1) is 0 Å². The molecular formula is C17H17FO3. The molecule has 3 nitrogen and oxygen atoms in total. The summed E-state index contributed by atoms with van der Waals surface area (Å²) in [5.41, 5.74) is 2.25. The number of rotatable bonds is 5. The fraction of sp³-hybridized carbons (Fsp3) is 0.235. The van der Waals surface area contributed by atoms with Gasteiger partial charge in [0.25, 0.3) is 0 Å². The van der Waals surface area contributed by atoms with Crippen molar-refractivity contribution in [3.63, 3.8) is 0 Å². The molecule has 0 aliphatic heterocycles. The SMILES string of the molecule is COc1ccc(Cc2ccc(COC(C)=O)cc2F)cc1. The Balaban J connectivity index is 2.07. The minimum Gasteiger partial charge on any atom is -0.497 e. The summed E-state index contributed by atoms with van der Waals surface area (Å²) in [6.45, 7) is 1.42. The van der Waals surface area contributed by atoms with Gasteiger partial charge in [0.1, 0.15) is 18.2 Å². The molecule has 21 heavy (non-hydrogen) atoms. The van der Waals surface area contributed by atoms with Gasteiger partial charge in [-0.1, -0.05) is 24.3 Å². The number of esters is 1. The summed E-state index contributed by atoms with van der Waals surface area (Å²) in [6.07, 6.45) is 0.504. The van der Waals surface area contributed by atoms with E-state index in [4.69, 9.17) is 9.47 Å². The highest BCUT2D eigenvalue weighted by Crippen LogP contribution is 2.18. The van der Waals surface area contributed by atoms with Gasteiger partial charge in [0.05, 0.1) is 7.11 Å². The Morgan fingerprint density at radius 1 is 1.10 bits per heavy atom. The molecule has 0 saturated carbocycles. The number of halogens is 1. The molecule has 0 N–H and O–H groups in total. The van der Waals surface area contributed by atoms with Crippen LogP contribution in [0.1, 0.15) is 23.6 Å². The predicted octanol–water partition coefficient (Wildman–Crippen LogP) is 3.49. The van der Waals surface area contributed by atoms with Crippen LogP contribution in [-0.2, 0) is 22.6 Å². The highest BCUT2D eigenvalue weighted by atomic mass is 19.1. The average Bonchev–Trinajstić information content (AvgIpc) is 2.48. The standard InChI is InChI=1S/C17H17FO3/c1-12(19)21-11-14-3-6-15(17(18)10-14)9-13-4-7-16(20-2)8-5-13/h3-8,10H,9,11H2,1-2H3. The molecule has 0 heterocycles. The molecule has 0 aliphatic rings. The highest BCUT2D eigenvalue weighted by molar-refractivity contribution is 5.65. The van der Waals surface area contributed by atoms with Gasteiger partial charge in [-0.3, -0.25) is 4.79 Å². The zero-order chi connectivity index (χ0) is 15.2. The monoisotopic (exact) mass is 288 g/mol. The van der Waals surface area contributed by atoms with E-state index in [-0.39, 0.29) is 18.4 Å². The molecule has 0 fully saturated rings. The van der Waals surface area contributed by atoms with Gasteiger partial charge in [-0.05, 0) is 34.9 Å². The summed E-state index contributed by atoms with van der Waals surface area (Å²) in [5, 5.41) is 0. The van der Waals surface area contributed by atoms with Crippen LogP contribution in [0.2, 0.25) is 0 Å². The maximum atomic E-state index is 14.0. The third-order valence-electron chi connectivity index (χ3n) is 3.11. The molecule has 4 heteroatoms. The van der Waals surface area contributed by atoms with E-state index in [0.29, 0.717) is 17.5 Å². The highest BCUT2D eigenvalue weighted by Gasteiger charge is 2.06. The minimum absolute atomic E-state index is 0.0923. The Morgan fingerprint density at radius 2 is 1.76 bits per heavy atom. The minimum atomic E-state index is -0.377. The largest absolute Gasteiger partial charge is 0.497 e. The van der Waals surface area contributed by atoms with Gasteiger partial charge in [0.2, 0.25) is 0 Å². The van der Waals surface area contributed by atoms with Gasteiger partial charge in [0.15, 0.2) is 0 Å². The topological polar surface area (TPSA) is 35.5 Å². The van der Waals surface area contributed by atoms with Crippen molar-refractivity contribution in [1.82, 2.24) is 0 Å². The summed E-state index contributed by atoms with van der Waals surface area (Å²) < 4.78 is 24.0. The average molecular weight is 288 g/mol. The third kappa shape index (κ3) is 4.31. The smallest absolute Gasteiger partial charge is 0.302 e. The second-order valence-electron chi connectivity index (χ2n) is 4.73. The Kier molecular flexibility index (Phi) is 4.93. The van der Waals surface area contributed by atoms with Gasteiger partial charge in [-0.25, -0.2) is 4.39 Å². The van der Waals surface area contributed by atoms with Gasteiger partial charge in [0, 0.05) is 13.3 Å². The van der Waals surface area contributed by atoms with Crippen molar-refractivity contribution in [2.24, 2.45) is 0 Å². The van der Waals surface area contributed by atoms with E-state index in [1.54, 1.807) is 19.2 Å². The van der Waals surface area contributed by atoms with Gasteiger partial charge >= 0.3 is 5.97 Å². The number of carbonyl (C=O) groups is 1. The van der Waals surface area contributed by atoms with Crippen LogP contribution in [0.4, 0.5) is 4.39 Å². The maximum absolute atomic E-state index is 14.0. The quantitative estimate of drug-likeness (QED) is 0.790. The lowest BCUT2D eigenvalue weighted by atomic mass is 10.0. The first kappa shape index (κ1) is 15.0. The van der Waals surface area contributed by atoms with E-state index in [1.165, 1.54) is 13.0 Å². The van der Waals surface area contributed by atoms with E-state index < -0.39 is 0 Å². The normalized spacial score (nSPS) is 10.2. The Bertz CT molecular complexity index is 620. The fourth-order valence-corrected chi connectivity index (χ4v) is 1.97. The molecule has 0 radical (unpaired) electrons. The van der Waals surface area contributed by atoms with Crippen LogP contribution < -0.4 is 4.74 Å². The van der Waals surface area contributed by atoms with Gasteiger partial charge < -0.3 is 9.47 Å². The molecule has 110 valence electrons. The van der Waals surface area contributed by atoms with Crippen molar-refractivity contribution in [2.45, 2.75) is 20.0 Å². The second-order valence-corrected chi connectivity index (χ2v) is 4.73. The first-order valence-electron chi connectivity index (χ1n) is 6.62. The zero-order valence-corrected chi connectivity index (χ0v) is 12.1. The Morgan fingerprint density at radius 3 is 2.33 bits per heavy atom. The molecule has 0 aliphatic carbocycles. The van der Waals surface area contributed by atoms with E-state index >= 15 is 0 Å². The van der Waals surface area contributed by atoms with Crippen molar-refractivity contribution in [2.75, 3.05) is 7.11 Å². The molecule has 0 aromatic heterocycles. The van der Waals surface area contributed by atoms with Crippen molar-refractivity contribution in [1.29, 1.82) is 0 Å². The maximum Gasteiger partial charge on any atom is 0.302 e. The van der Waals surface area contributed by atoms with Crippen molar-refractivity contribution in [3.8, 4) is 5.75 Å². The van der Waals surface area contributed by atoms with E-state index in [0.717, 1.165) is 11.3 Å². The second kappa shape index (κ2) is 6.88. The van der Waals surface area contributed by atoms with Crippen molar-refractivity contribution in [3.05, 3.63) is 65.0 Å². The van der Waals surface area contributed by atoms with Gasteiger partial charge in [-0.2, -0.15) is 0 Å². The van der Waals surface area contributed by atoms with Crippen LogP contribution >= 0.6 is 0 Å². The molecule has 0 bridgehead atoms. The molecule has 0 amide bonds. The lowest BCUT2D eigenvalue weighted by Gasteiger charge is -2.07. The lowest BCUT2D eigenvalue weighted by molar-refractivity contribution is -0.142. The molecular weight excluding hydrogens is 271 g/mol. The first-order chi connectivity index (χ1) is 10.1. The summed E-state index contributed by atoms with van der Waals surface area (Å²) in [5.74, 6) is 0.101. The molecule has 2 aromatic carbocycles. The predicted molar refractivity (Wildman–Crippen MR) is 77.7 cm³/mol. The number of benzene rings is 2. The molecule has 2 aromatic rings. The van der Waals surface area contributed by atoms with Crippen molar-refractivity contribution < 1.29 is 18.7 Å². The van der Waals surface area contributed by atoms with Crippen LogP contribution in [0.3, 0.4) is 0 Å². The Labute approximate surface area is 123 Å². The third-order valence-corrected chi connectivity index (χ3v) is 3.11. The summed E-state index contributed by atoms with van der Waals surface area (Å²) in [7, 11) is 1.61. The number of hydrogen-bond acceptors (Lipinski definition) is 3. The summed E-state index contributed by atoms with van der Waals surface area (Å²) in [4.78, 5) is 10.7. The first-order valence-corrected chi connectivity index (χ1v) is 6.62. The van der Waals surface area contributed by atoms with E-state index in [1.807, 2.05) is 24.3 Å². The molecule has 0 unspecified atom stereocenters. The molecule has 0 atom stereocenters.